The molecule has 0 spiro atoms. The Morgan fingerprint density at radius 1 is 1.21 bits per heavy atom. The van der Waals surface area contributed by atoms with Crippen molar-refractivity contribution in [3.05, 3.63) is 39.9 Å². The maximum absolute atomic E-state index is 10.1. The van der Waals surface area contributed by atoms with Crippen LogP contribution in [0.15, 0.2) is 12.5 Å². The van der Waals surface area contributed by atoms with E-state index in [4.69, 9.17) is 0 Å². The molecule has 0 aliphatic heterocycles. The Kier molecular flexibility index (Phi) is 3.01. The molecule has 0 saturated heterocycles. The van der Waals surface area contributed by atoms with E-state index in [9.17, 15) is 5.26 Å². The van der Waals surface area contributed by atoms with Crippen LogP contribution in [-0.4, -0.2) is 20.2 Å². The Bertz CT molecular complexity index is 979. The molecule has 0 fully saturated rings. The van der Waals surface area contributed by atoms with E-state index in [0.717, 1.165) is 41.8 Å². The van der Waals surface area contributed by atoms with Crippen LogP contribution < -0.4 is 0 Å². The Hall–Kier alpha value is -2.26. The monoisotopic (exact) mass is 335 g/mol. The SMILES string of the molecule is N#CC1(c2ncnc3sc4c(c23)CCCC4)CCc2[nH]ncc2C1. The smallest absolute Gasteiger partial charge is 0.127 e. The fourth-order valence-corrected chi connectivity index (χ4v) is 5.49. The van der Waals surface area contributed by atoms with Crippen molar-refractivity contribution in [2.75, 3.05) is 0 Å². The Morgan fingerprint density at radius 2 is 2.12 bits per heavy atom. The highest BCUT2D eigenvalue weighted by Crippen LogP contribution is 2.44. The van der Waals surface area contributed by atoms with Crippen LogP contribution in [0.3, 0.4) is 0 Å². The number of hydrogen-bond acceptors (Lipinski definition) is 5. The van der Waals surface area contributed by atoms with E-state index in [1.165, 1.54) is 34.4 Å². The summed E-state index contributed by atoms with van der Waals surface area (Å²) in [6, 6.07) is 2.63. The molecule has 0 amide bonds. The van der Waals surface area contributed by atoms with Crippen LogP contribution in [0.25, 0.3) is 10.2 Å². The van der Waals surface area contributed by atoms with Crippen molar-refractivity contribution < 1.29 is 0 Å². The standard InChI is InChI=1S/C18H17N5S/c19-9-18(6-5-13-11(7-18)8-22-23-13)16-15-12-3-1-2-4-14(12)24-17(15)21-10-20-16/h8,10H,1-7H2,(H,22,23). The summed E-state index contributed by atoms with van der Waals surface area (Å²) in [6.07, 6.45) is 10.5. The van der Waals surface area contributed by atoms with Crippen LogP contribution in [0, 0.1) is 11.3 Å². The van der Waals surface area contributed by atoms with Crippen LogP contribution in [0.5, 0.6) is 0 Å². The van der Waals surface area contributed by atoms with Crippen LogP contribution in [-0.2, 0) is 31.1 Å². The number of aromatic nitrogens is 4. The third kappa shape index (κ3) is 1.88. The number of hydrogen-bond donors (Lipinski definition) is 1. The summed E-state index contributed by atoms with van der Waals surface area (Å²) in [6.45, 7) is 0. The number of rotatable bonds is 1. The van der Waals surface area contributed by atoms with Gasteiger partial charge in [0.2, 0.25) is 0 Å². The van der Waals surface area contributed by atoms with Crippen molar-refractivity contribution >= 4 is 21.6 Å². The van der Waals surface area contributed by atoms with Gasteiger partial charge in [0.1, 0.15) is 16.6 Å². The van der Waals surface area contributed by atoms with Crippen molar-refractivity contribution in [1.82, 2.24) is 20.2 Å². The Balaban J connectivity index is 1.74. The van der Waals surface area contributed by atoms with Crippen molar-refractivity contribution in [2.24, 2.45) is 0 Å². The van der Waals surface area contributed by atoms with Gasteiger partial charge < -0.3 is 0 Å². The highest BCUT2D eigenvalue weighted by atomic mass is 32.1. The van der Waals surface area contributed by atoms with Gasteiger partial charge in [-0.3, -0.25) is 5.10 Å². The summed E-state index contributed by atoms with van der Waals surface area (Å²) in [5.41, 5.74) is 4.10. The number of H-pyrrole nitrogens is 1. The molecule has 0 bridgehead atoms. The molecule has 5 nitrogen and oxygen atoms in total. The Morgan fingerprint density at radius 3 is 3.04 bits per heavy atom. The molecule has 120 valence electrons. The predicted molar refractivity (Wildman–Crippen MR) is 92.0 cm³/mol. The van der Waals surface area contributed by atoms with Gasteiger partial charge in [-0.15, -0.1) is 11.3 Å². The van der Waals surface area contributed by atoms with Gasteiger partial charge in [0.25, 0.3) is 0 Å². The van der Waals surface area contributed by atoms with Crippen molar-refractivity contribution in [3.63, 3.8) is 0 Å². The Labute approximate surface area is 143 Å². The highest BCUT2D eigenvalue weighted by Gasteiger charge is 2.41. The van der Waals surface area contributed by atoms with E-state index in [-0.39, 0.29) is 0 Å². The molecule has 1 atom stereocenters. The van der Waals surface area contributed by atoms with Crippen molar-refractivity contribution in [1.29, 1.82) is 5.26 Å². The van der Waals surface area contributed by atoms with Crippen molar-refractivity contribution in [3.8, 4) is 6.07 Å². The lowest BCUT2D eigenvalue weighted by Gasteiger charge is -2.30. The third-order valence-corrected chi connectivity index (χ3v) is 6.72. The lowest BCUT2D eigenvalue weighted by molar-refractivity contribution is 0.460. The topological polar surface area (TPSA) is 78.2 Å². The summed E-state index contributed by atoms with van der Waals surface area (Å²) < 4.78 is 0. The predicted octanol–water partition coefficient (Wildman–Crippen LogP) is 3.24. The zero-order valence-corrected chi connectivity index (χ0v) is 14.1. The van der Waals surface area contributed by atoms with Crippen LogP contribution in [0.4, 0.5) is 0 Å². The van der Waals surface area contributed by atoms with Gasteiger partial charge in [0, 0.05) is 22.4 Å². The fourth-order valence-electron chi connectivity index (χ4n) is 4.26. The number of aromatic amines is 1. The van der Waals surface area contributed by atoms with Gasteiger partial charge in [0.05, 0.1) is 18.0 Å². The van der Waals surface area contributed by atoms with Gasteiger partial charge in [-0.25, -0.2) is 9.97 Å². The number of fused-ring (bicyclic) bond motifs is 4. The largest absolute Gasteiger partial charge is 0.282 e. The molecule has 1 unspecified atom stereocenters. The van der Waals surface area contributed by atoms with Crippen LogP contribution in [0.2, 0.25) is 0 Å². The van der Waals surface area contributed by atoms with Crippen LogP contribution >= 0.6 is 11.3 Å². The molecule has 6 heteroatoms. The summed E-state index contributed by atoms with van der Waals surface area (Å²) in [7, 11) is 0. The second-order valence-corrected chi connectivity index (χ2v) is 7.94. The fraction of sp³-hybridized carbons (Fsp3) is 0.444. The number of thiophene rings is 1. The molecule has 3 aromatic rings. The second-order valence-electron chi connectivity index (χ2n) is 6.86. The van der Waals surface area contributed by atoms with Gasteiger partial charge >= 0.3 is 0 Å². The van der Waals surface area contributed by atoms with E-state index in [1.54, 1.807) is 17.7 Å². The minimum atomic E-state index is -0.565. The van der Waals surface area contributed by atoms with Gasteiger partial charge in [0.15, 0.2) is 0 Å². The molecule has 0 saturated carbocycles. The maximum atomic E-state index is 10.1. The van der Waals surface area contributed by atoms with Crippen LogP contribution in [0.1, 0.15) is 46.7 Å². The zero-order chi connectivity index (χ0) is 16.1. The quantitative estimate of drug-likeness (QED) is 0.740. The molecule has 2 aliphatic carbocycles. The maximum Gasteiger partial charge on any atom is 0.127 e. The lowest BCUT2D eigenvalue weighted by Crippen LogP contribution is -2.33. The lowest BCUT2D eigenvalue weighted by atomic mass is 9.71. The number of nitriles is 1. The summed E-state index contributed by atoms with van der Waals surface area (Å²) in [5.74, 6) is 0. The third-order valence-electron chi connectivity index (χ3n) is 5.52. The van der Waals surface area contributed by atoms with Gasteiger partial charge in [-0.2, -0.15) is 10.4 Å². The van der Waals surface area contributed by atoms with E-state index in [2.05, 4.69) is 26.2 Å². The molecule has 3 heterocycles. The van der Waals surface area contributed by atoms with Crippen molar-refractivity contribution in [2.45, 2.75) is 50.4 Å². The summed E-state index contributed by atoms with van der Waals surface area (Å²) in [4.78, 5) is 11.7. The highest BCUT2D eigenvalue weighted by molar-refractivity contribution is 7.18. The number of nitrogens with zero attached hydrogens (tertiary/aromatic N) is 4. The molecule has 2 aliphatic rings. The van der Waals surface area contributed by atoms with E-state index < -0.39 is 5.41 Å². The number of aryl methyl sites for hydroxylation is 3. The summed E-state index contributed by atoms with van der Waals surface area (Å²) in [5, 5.41) is 18.5. The van der Waals surface area contributed by atoms with Gasteiger partial charge in [-0.1, -0.05) is 0 Å². The molecule has 0 radical (unpaired) electrons. The first kappa shape index (κ1) is 14.1. The average Bonchev–Trinajstić information content (AvgIpc) is 3.24. The van der Waals surface area contributed by atoms with E-state index in [1.807, 2.05) is 6.20 Å². The first-order valence-electron chi connectivity index (χ1n) is 8.49. The molecule has 0 aromatic carbocycles. The minimum Gasteiger partial charge on any atom is -0.282 e. The first-order valence-corrected chi connectivity index (χ1v) is 9.30. The molecular formula is C18H17N5S. The van der Waals surface area contributed by atoms with Gasteiger partial charge in [-0.05, 0) is 49.7 Å². The molecular weight excluding hydrogens is 318 g/mol. The van der Waals surface area contributed by atoms with E-state index >= 15 is 0 Å². The van der Waals surface area contributed by atoms with E-state index in [0.29, 0.717) is 6.42 Å². The second kappa shape index (κ2) is 5.12. The number of nitrogens with one attached hydrogen (secondary N) is 1. The molecule has 24 heavy (non-hydrogen) atoms. The normalized spacial score (nSPS) is 22.8. The molecule has 3 aromatic heterocycles. The minimum absolute atomic E-state index is 0.565. The first-order chi connectivity index (χ1) is 11.8. The molecule has 5 rings (SSSR count). The summed E-state index contributed by atoms with van der Waals surface area (Å²) >= 11 is 1.80. The molecule has 1 N–H and O–H groups in total. The average molecular weight is 335 g/mol. The zero-order valence-electron chi connectivity index (χ0n) is 13.3.